The predicted molar refractivity (Wildman–Crippen MR) is 122 cm³/mol. The highest BCUT2D eigenvalue weighted by Gasteiger charge is 2.27. The summed E-state index contributed by atoms with van der Waals surface area (Å²) in [6.07, 6.45) is 4.16. The van der Waals surface area contributed by atoms with E-state index in [2.05, 4.69) is 34.2 Å². The van der Waals surface area contributed by atoms with Gasteiger partial charge in [-0.15, -0.1) is 24.0 Å². The van der Waals surface area contributed by atoms with Crippen molar-refractivity contribution in [3.05, 3.63) is 29.8 Å². The molecule has 1 aliphatic carbocycles. The van der Waals surface area contributed by atoms with E-state index in [-0.39, 0.29) is 30.0 Å². The van der Waals surface area contributed by atoms with E-state index in [1.807, 2.05) is 19.1 Å². The molecule has 0 amide bonds. The molecule has 0 saturated heterocycles. The first-order valence-corrected chi connectivity index (χ1v) is 11.1. The number of guanidine groups is 1. The average molecular weight is 508 g/mol. The summed E-state index contributed by atoms with van der Waals surface area (Å²) < 4.78 is 27.1. The Kier molecular flexibility index (Phi) is 10.6. The van der Waals surface area contributed by atoms with Crippen LogP contribution in [-0.2, 0) is 16.6 Å². The molecule has 0 aliphatic heterocycles. The second kappa shape index (κ2) is 11.9. The van der Waals surface area contributed by atoms with E-state index < -0.39 is 10.0 Å². The zero-order chi connectivity index (χ0) is 19.0. The van der Waals surface area contributed by atoms with Crippen LogP contribution in [0.15, 0.2) is 34.2 Å². The Bertz CT molecular complexity index is 684. The number of sulfonamides is 1. The molecule has 2 rings (SSSR count). The third kappa shape index (κ3) is 8.35. The van der Waals surface area contributed by atoms with Crippen LogP contribution in [0.2, 0.25) is 0 Å². The first-order chi connectivity index (χ1) is 12.5. The third-order valence-corrected chi connectivity index (χ3v) is 6.15. The molecule has 0 spiro atoms. The molecule has 0 heterocycles. The summed E-state index contributed by atoms with van der Waals surface area (Å²) in [7, 11) is -3.39. The van der Waals surface area contributed by atoms with Gasteiger partial charge in [0.15, 0.2) is 5.96 Å². The average Bonchev–Trinajstić information content (AvgIpc) is 3.44. The minimum absolute atomic E-state index is 0. The number of hydrogen-bond donors (Lipinski definition) is 3. The summed E-state index contributed by atoms with van der Waals surface area (Å²) in [4.78, 5) is 4.92. The molecule has 8 heteroatoms. The number of hydrogen-bond acceptors (Lipinski definition) is 3. The van der Waals surface area contributed by atoms with Crippen LogP contribution in [0.5, 0.6) is 0 Å². The Hall–Kier alpha value is -0.870. The fraction of sp³-hybridized carbons (Fsp3) is 0.632. The lowest BCUT2D eigenvalue weighted by Gasteiger charge is -2.16. The molecule has 154 valence electrons. The van der Waals surface area contributed by atoms with Gasteiger partial charge in [0.05, 0.1) is 11.4 Å². The van der Waals surface area contributed by atoms with E-state index in [1.165, 1.54) is 0 Å². The predicted octanol–water partition coefficient (Wildman–Crippen LogP) is 3.24. The zero-order valence-electron chi connectivity index (χ0n) is 16.5. The second-order valence-corrected chi connectivity index (χ2v) is 8.51. The lowest BCUT2D eigenvalue weighted by Crippen LogP contribution is -2.39. The number of nitrogens with one attached hydrogen (secondary N) is 3. The number of aliphatic imine (C=N–C) groups is 1. The van der Waals surface area contributed by atoms with Gasteiger partial charge in [-0.1, -0.05) is 38.8 Å². The van der Waals surface area contributed by atoms with Crippen LogP contribution in [0, 0.1) is 5.92 Å². The summed E-state index contributed by atoms with van der Waals surface area (Å²) in [5.41, 5.74) is 0.982. The maximum Gasteiger partial charge on any atom is 0.240 e. The van der Waals surface area contributed by atoms with Gasteiger partial charge in [0, 0.05) is 19.1 Å². The minimum atomic E-state index is -3.39. The van der Waals surface area contributed by atoms with Crippen LogP contribution in [0.1, 0.15) is 52.0 Å². The Morgan fingerprint density at radius 1 is 1.11 bits per heavy atom. The van der Waals surface area contributed by atoms with Gasteiger partial charge >= 0.3 is 0 Å². The summed E-state index contributed by atoms with van der Waals surface area (Å²) in [5.74, 6) is 1.44. The summed E-state index contributed by atoms with van der Waals surface area (Å²) in [5, 5.41) is 6.64. The van der Waals surface area contributed by atoms with Gasteiger partial charge in [-0.3, -0.25) is 0 Å². The highest BCUT2D eigenvalue weighted by molar-refractivity contribution is 14.0. The number of halogens is 1. The topological polar surface area (TPSA) is 82.6 Å². The number of rotatable bonds is 10. The zero-order valence-corrected chi connectivity index (χ0v) is 19.6. The Balaban J connectivity index is 0.00000364. The Morgan fingerprint density at radius 3 is 2.26 bits per heavy atom. The quantitative estimate of drug-likeness (QED) is 0.258. The summed E-state index contributed by atoms with van der Waals surface area (Å²) >= 11 is 0. The normalized spacial score (nSPS) is 14.7. The maximum absolute atomic E-state index is 12.2. The van der Waals surface area contributed by atoms with Gasteiger partial charge in [0.1, 0.15) is 0 Å². The maximum atomic E-state index is 12.2. The summed E-state index contributed by atoms with van der Waals surface area (Å²) in [6.45, 7) is 8.66. The molecule has 3 N–H and O–H groups in total. The smallest absolute Gasteiger partial charge is 0.240 e. The van der Waals surface area contributed by atoms with Gasteiger partial charge < -0.3 is 10.6 Å². The molecule has 0 aromatic heterocycles. The molecule has 1 aromatic rings. The van der Waals surface area contributed by atoms with Crippen LogP contribution in [0.3, 0.4) is 0 Å². The van der Waals surface area contributed by atoms with Crippen molar-refractivity contribution in [1.29, 1.82) is 0 Å². The van der Waals surface area contributed by atoms with Crippen molar-refractivity contribution >= 4 is 40.0 Å². The lowest BCUT2D eigenvalue weighted by molar-refractivity contribution is 0.481. The van der Waals surface area contributed by atoms with Crippen molar-refractivity contribution in [2.75, 3.05) is 13.1 Å². The molecule has 1 aromatic carbocycles. The van der Waals surface area contributed by atoms with Gasteiger partial charge in [0.25, 0.3) is 0 Å². The number of nitrogens with zero attached hydrogens (tertiary/aromatic N) is 1. The Labute approximate surface area is 181 Å². The molecule has 0 bridgehead atoms. The number of benzene rings is 1. The van der Waals surface area contributed by atoms with Gasteiger partial charge in [-0.2, -0.15) is 0 Å². The van der Waals surface area contributed by atoms with E-state index >= 15 is 0 Å². The van der Waals surface area contributed by atoms with Crippen LogP contribution in [0.4, 0.5) is 0 Å². The molecule has 0 unspecified atom stereocenters. The van der Waals surface area contributed by atoms with Crippen molar-refractivity contribution in [1.82, 2.24) is 15.4 Å². The lowest BCUT2D eigenvalue weighted by atomic mass is 10.0. The van der Waals surface area contributed by atoms with Crippen LogP contribution in [-0.4, -0.2) is 33.5 Å². The second-order valence-electron chi connectivity index (χ2n) is 6.80. The van der Waals surface area contributed by atoms with Crippen LogP contribution in [0.25, 0.3) is 0 Å². The molecule has 27 heavy (non-hydrogen) atoms. The first kappa shape index (κ1) is 24.2. The fourth-order valence-electron chi connectivity index (χ4n) is 2.59. The molecule has 6 nitrogen and oxygen atoms in total. The van der Waals surface area contributed by atoms with Crippen LogP contribution < -0.4 is 15.4 Å². The first-order valence-electron chi connectivity index (χ1n) is 9.61. The molecule has 1 aliphatic rings. The highest BCUT2D eigenvalue weighted by Crippen LogP contribution is 2.22. The van der Waals surface area contributed by atoms with Crippen molar-refractivity contribution in [2.45, 2.75) is 63.9 Å². The minimum Gasteiger partial charge on any atom is -0.357 e. The van der Waals surface area contributed by atoms with Crippen molar-refractivity contribution in [3.63, 3.8) is 0 Å². The standard InChI is InChI=1S/C19H32N4O2S.HI/c1-4-15(5-2)13-21-19(20-6-3)22-14-16-7-11-18(12-8-16)26(24,25)23-17-9-10-17;/h7-8,11-12,15,17,23H,4-6,9-10,13-14H2,1-3H3,(H2,20,21,22);1H. The molecular weight excluding hydrogens is 475 g/mol. The SMILES string of the molecule is CCNC(=NCc1ccc(S(=O)(=O)NC2CC2)cc1)NCC(CC)CC.I. The molecule has 1 saturated carbocycles. The van der Waals surface area contributed by atoms with Gasteiger partial charge in [-0.05, 0) is 43.4 Å². The van der Waals surface area contributed by atoms with E-state index in [0.717, 1.165) is 50.3 Å². The monoisotopic (exact) mass is 508 g/mol. The highest BCUT2D eigenvalue weighted by atomic mass is 127. The molecular formula is C19H33IN4O2S. The van der Waals surface area contributed by atoms with Crippen molar-refractivity contribution < 1.29 is 8.42 Å². The van der Waals surface area contributed by atoms with Crippen LogP contribution >= 0.6 is 24.0 Å². The van der Waals surface area contributed by atoms with E-state index in [0.29, 0.717) is 17.4 Å². The van der Waals surface area contributed by atoms with E-state index in [4.69, 9.17) is 0 Å². The van der Waals surface area contributed by atoms with Crippen molar-refractivity contribution in [3.8, 4) is 0 Å². The van der Waals surface area contributed by atoms with Gasteiger partial charge in [0.2, 0.25) is 10.0 Å². The van der Waals surface area contributed by atoms with Gasteiger partial charge in [-0.25, -0.2) is 18.1 Å². The molecule has 1 fully saturated rings. The molecule has 0 radical (unpaired) electrons. The fourth-order valence-corrected chi connectivity index (χ4v) is 3.90. The van der Waals surface area contributed by atoms with Crippen molar-refractivity contribution in [2.24, 2.45) is 10.9 Å². The molecule has 0 atom stereocenters. The summed E-state index contributed by atoms with van der Waals surface area (Å²) in [6, 6.07) is 7.08. The Morgan fingerprint density at radius 2 is 1.74 bits per heavy atom. The third-order valence-electron chi connectivity index (χ3n) is 4.61. The van der Waals surface area contributed by atoms with E-state index in [9.17, 15) is 8.42 Å². The van der Waals surface area contributed by atoms with E-state index in [1.54, 1.807) is 12.1 Å². The largest absolute Gasteiger partial charge is 0.357 e.